The van der Waals surface area contributed by atoms with Gasteiger partial charge in [0.25, 0.3) is 0 Å². The van der Waals surface area contributed by atoms with Crippen molar-refractivity contribution < 1.29 is 23.8 Å². The minimum atomic E-state index is -0.884. The van der Waals surface area contributed by atoms with Crippen LogP contribution in [0.2, 0.25) is 0 Å². The molecule has 2 rings (SSSR count). The molecule has 0 heterocycles. The Morgan fingerprint density at radius 2 is 1.66 bits per heavy atom. The standard InChI is InChI=1S/C25H34N2O5/c1-25(2,3)32-24(29)27-22(23(28)31-18-20-9-5-4-6-10-20)17-19-11-13-21(14-12-19)30-16-8-7-15-26/h4-6,9-14,22H,7-8,15-18,26H2,1-3H3,(H,27,29)/t22-/m0/s1. The Labute approximate surface area is 190 Å². The number of ether oxygens (including phenoxy) is 3. The molecule has 0 unspecified atom stereocenters. The number of hydrogen-bond donors (Lipinski definition) is 2. The van der Waals surface area contributed by atoms with E-state index in [4.69, 9.17) is 19.9 Å². The second kappa shape index (κ2) is 12.7. The SMILES string of the molecule is CC(C)(C)OC(=O)N[C@@H](Cc1ccc(OCCCCN)cc1)C(=O)OCc1ccccc1. The molecule has 0 saturated carbocycles. The molecule has 0 radical (unpaired) electrons. The molecule has 0 aromatic heterocycles. The molecule has 2 aromatic rings. The van der Waals surface area contributed by atoms with Gasteiger partial charge in [0, 0.05) is 6.42 Å². The number of nitrogens with one attached hydrogen (secondary N) is 1. The minimum Gasteiger partial charge on any atom is -0.494 e. The van der Waals surface area contributed by atoms with Gasteiger partial charge in [-0.3, -0.25) is 0 Å². The van der Waals surface area contributed by atoms with Crippen LogP contribution < -0.4 is 15.8 Å². The average molecular weight is 443 g/mol. The molecule has 1 amide bonds. The number of amides is 1. The van der Waals surface area contributed by atoms with Gasteiger partial charge in [0.2, 0.25) is 0 Å². The second-order valence-electron chi connectivity index (χ2n) is 8.48. The molecule has 2 aromatic carbocycles. The fourth-order valence-electron chi connectivity index (χ4n) is 2.87. The van der Waals surface area contributed by atoms with E-state index in [2.05, 4.69) is 5.32 Å². The van der Waals surface area contributed by atoms with E-state index < -0.39 is 23.7 Å². The average Bonchev–Trinajstić information content (AvgIpc) is 2.75. The van der Waals surface area contributed by atoms with Gasteiger partial charge in [-0.15, -0.1) is 0 Å². The maximum Gasteiger partial charge on any atom is 0.408 e. The Morgan fingerprint density at radius 3 is 2.28 bits per heavy atom. The quantitative estimate of drug-likeness (QED) is 0.403. The number of carbonyl (C=O) groups is 2. The molecule has 1 atom stereocenters. The molecule has 0 aliphatic heterocycles. The van der Waals surface area contributed by atoms with Crippen molar-refractivity contribution in [3.05, 3.63) is 65.7 Å². The van der Waals surface area contributed by atoms with Crippen LogP contribution in [0.25, 0.3) is 0 Å². The molecule has 0 spiro atoms. The summed E-state index contributed by atoms with van der Waals surface area (Å²) in [6.45, 7) is 6.67. The van der Waals surface area contributed by atoms with Crippen molar-refractivity contribution in [1.82, 2.24) is 5.32 Å². The molecule has 32 heavy (non-hydrogen) atoms. The zero-order chi connectivity index (χ0) is 23.4. The molecule has 0 bridgehead atoms. The van der Waals surface area contributed by atoms with Gasteiger partial charge in [-0.05, 0) is 63.4 Å². The molecule has 0 aliphatic rings. The van der Waals surface area contributed by atoms with Gasteiger partial charge in [0.1, 0.15) is 24.0 Å². The van der Waals surface area contributed by atoms with Crippen molar-refractivity contribution in [1.29, 1.82) is 0 Å². The summed E-state index contributed by atoms with van der Waals surface area (Å²) in [5, 5.41) is 2.64. The van der Waals surface area contributed by atoms with Crippen LogP contribution in [0.4, 0.5) is 4.79 Å². The van der Waals surface area contributed by atoms with E-state index in [0.29, 0.717) is 13.2 Å². The highest BCUT2D eigenvalue weighted by Gasteiger charge is 2.26. The van der Waals surface area contributed by atoms with Gasteiger partial charge in [0.15, 0.2) is 0 Å². The molecule has 0 aliphatic carbocycles. The summed E-state index contributed by atoms with van der Waals surface area (Å²) < 4.78 is 16.5. The number of esters is 1. The van der Waals surface area contributed by atoms with Crippen molar-refractivity contribution in [3.8, 4) is 5.75 Å². The van der Waals surface area contributed by atoms with Gasteiger partial charge in [-0.1, -0.05) is 42.5 Å². The van der Waals surface area contributed by atoms with Crippen LogP contribution in [0.3, 0.4) is 0 Å². The second-order valence-corrected chi connectivity index (χ2v) is 8.48. The smallest absolute Gasteiger partial charge is 0.408 e. The summed E-state index contributed by atoms with van der Waals surface area (Å²) in [6.07, 6.45) is 1.41. The Bertz CT molecular complexity index is 832. The van der Waals surface area contributed by atoms with Gasteiger partial charge < -0.3 is 25.3 Å². The Morgan fingerprint density at radius 1 is 0.969 bits per heavy atom. The van der Waals surface area contributed by atoms with E-state index in [0.717, 1.165) is 29.7 Å². The van der Waals surface area contributed by atoms with E-state index in [-0.39, 0.29) is 13.0 Å². The molecule has 7 nitrogen and oxygen atoms in total. The summed E-state index contributed by atoms with van der Waals surface area (Å²) >= 11 is 0. The predicted octanol–water partition coefficient (Wildman–Crippen LogP) is 3.98. The molecule has 0 saturated heterocycles. The highest BCUT2D eigenvalue weighted by Crippen LogP contribution is 2.15. The molecular formula is C25H34N2O5. The largest absolute Gasteiger partial charge is 0.494 e. The normalized spacial score (nSPS) is 12.0. The number of hydrogen-bond acceptors (Lipinski definition) is 6. The van der Waals surface area contributed by atoms with Crippen LogP contribution in [-0.2, 0) is 27.3 Å². The van der Waals surface area contributed by atoms with E-state index in [1.807, 2.05) is 54.6 Å². The highest BCUT2D eigenvalue weighted by atomic mass is 16.6. The third-order valence-electron chi connectivity index (χ3n) is 4.43. The first-order chi connectivity index (χ1) is 15.3. The van der Waals surface area contributed by atoms with E-state index in [9.17, 15) is 9.59 Å². The first-order valence-electron chi connectivity index (χ1n) is 10.9. The minimum absolute atomic E-state index is 0.127. The predicted molar refractivity (Wildman–Crippen MR) is 123 cm³/mol. The maximum absolute atomic E-state index is 12.8. The third kappa shape index (κ3) is 9.83. The summed E-state index contributed by atoms with van der Waals surface area (Å²) in [5.41, 5.74) is 6.54. The molecular weight excluding hydrogens is 408 g/mol. The number of unbranched alkanes of at least 4 members (excludes halogenated alkanes) is 1. The van der Waals surface area contributed by atoms with Gasteiger partial charge in [-0.2, -0.15) is 0 Å². The number of carbonyl (C=O) groups excluding carboxylic acids is 2. The zero-order valence-electron chi connectivity index (χ0n) is 19.1. The lowest BCUT2D eigenvalue weighted by Crippen LogP contribution is -2.45. The van der Waals surface area contributed by atoms with Crippen molar-refractivity contribution in [3.63, 3.8) is 0 Å². The van der Waals surface area contributed by atoms with Crippen molar-refractivity contribution in [2.75, 3.05) is 13.2 Å². The molecule has 174 valence electrons. The Hall–Kier alpha value is -3.06. The van der Waals surface area contributed by atoms with E-state index in [1.54, 1.807) is 20.8 Å². The lowest BCUT2D eigenvalue weighted by Gasteiger charge is -2.23. The van der Waals surface area contributed by atoms with Gasteiger partial charge in [0.05, 0.1) is 6.61 Å². The van der Waals surface area contributed by atoms with Crippen LogP contribution >= 0.6 is 0 Å². The van der Waals surface area contributed by atoms with Crippen LogP contribution in [0, 0.1) is 0 Å². The summed E-state index contributed by atoms with van der Waals surface area (Å²) in [4.78, 5) is 25.1. The molecule has 0 fully saturated rings. The Kier molecular flexibility index (Phi) is 10.0. The third-order valence-corrected chi connectivity index (χ3v) is 4.43. The molecule has 3 N–H and O–H groups in total. The lowest BCUT2D eigenvalue weighted by molar-refractivity contribution is -0.147. The topological polar surface area (TPSA) is 99.9 Å². The van der Waals surface area contributed by atoms with Gasteiger partial charge >= 0.3 is 12.1 Å². The highest BCUT2D eigenvalue weighted by molar-refractivity contribution is 5.81. The first kappa shape index (κ1) is 25.2. The summed E-state index contributed by atoms with van der Waals surface area (Å²) in [5.74, 6) is 0.218. The summed E-state index contributed by atoms with van der Waals surface area (Å²) in [6, 6.07) is 15.9. The number of alkyl carbamates (subject to hydrolysis) is 1. The van der Waals surface area contributed by atoms with Crippen LogP contribution in [0.15, 0.2) is 54.6 Å². The number of benzene rings is 2. The fraction of sp³-hybridized carbons (Fsp3) is 0.440. The maximum atomic E-state index is 12.8. The van der Waals surface area contributed by atoms with Crippen LogP contribution in [-0.4, -0.2) is 36.9 Å². The summed E-state index contributed by atoms with van der Waals surface area (Å²) in [7, 11) is 0. The molecule has 7 heteroatoms. The van der Waals surface area contributed by atoms with E-state index in [1.165, 1.54) is 0 Å². The van der Waals surface area contributed by atoms with Crippen LogP contribution in [0.5, 0.6) is 5.75 Å². The fourth-order valence-corrected chi connectivity index (χ4v) is 2.87. The van der Waals surface area contributed by atoms with Gasteiger partial charge in [-0.25, -0.2) is 9.59 Å². The number of rotatable bonds is 11. The van der Waals surface area contributed by atoms with Crippen molar-refractivity contribution >= 4 is 12.1 Å². The first-order valence-corrected chi connectivity index (χ1v) is 10.9. The Balaban J connectivity index is 2.01. The lowest BCUT2D eigenvalue weighted by atomic mass is 10.1. The van der Waals surface area contributed by atoms with E-state index >= 15 is 0 Å². The van der Waals surface area contributed by atoms with Crippen molar-refractivity contribution in [2.45, 2.75) is 58.3 Å². The number of nitrogens with two attached hydrogens (primary N) is 1. The van der Waals surface area contributed by atoms with Crippen molar-refractivity contribution in [2.24, 2.45) is 5.73 Å². The monoisotopic (exact) mass is 442 g/mol. The van der Waals surface area contributed by atoms with Crippen LogP contribution in [0.1, 0.15) is 44.7 Å². The zero-order valence-corrected chi connectivity index (χ0v) is 19.1.